The van der Waals surface area contributed by atoms with E-state index in [-0.39, 0.29) is 48.3 Å². The lowest BCUT2D eigenvalue weighted by Crippen LogP contribution is -2.72. The zero-order valence-corrected chi connectivity index (χ0v) is 48.9. The first-order chi connectivity index (χ1) is 42.1. The largest absolute Gasteiger partial charge is 0.469 e. The Labute approximate surface area is 503 Å². The van der Waals surface area contributed by atoms with E-state index in [1.54, 1.807) is 30.3 Å². The highest BCUT2D eigenvalue weighted by Gasteiger charge is 2.63. The number of unbranched alkanes of at least 4 members (excludes halogenated alkanes) is 2. The fraction of sp³-hybridized carbons (Fsp3) is 0.517. The number of carbonyl (C=O) groups is 11. The summed E-state index contributed by atoms with van der Waals surface area (Å²) in [4.78, 5) is 151. The highest BCUT2D eigenvalue weighted by Crippen LogP contribution is 2.44. The number of fused-ring (bicyclic) bond motifs is 3. The molecule has 0 aliphatic carbocycles. The number of methoxy groups -OCH3 is 1. The molecule has 0 radical (unpaired) electrons. The summed E-state index contributed by atoms with van der Waals surface area (Å²) >= 11 is 0. The molecule has 472 valence electrons. The quantitative estimate of drug-likeness (QED) is 0.0604. The average Bonchev–Trinajstić information content (AvgIpc) is 3.09. The summed E-state index contributed by atoms with van der Waals surface area (Å²) in [6.07, 6.45) is -22.9. The van der Waals surface area contributed by atoms with Gasteiger partial charge in [0.15, 0.2) is 49.6 Å². The summed E-state index contributed by atoms with van der Waals surface area (Å²) in [7, 11) is 1.26. The average molecular weight is 1230 g/mol. The number of amides is 4. The smallest absolute Gasteiger partial charge is 0.305 e. The van der Waals surface area contributed by atoms with Crippen LogP contribution >= 0.6 is 0 Å². The Morgan fingerprint density at radius 3 is 1.34 bits per heavy atom. The minimum Gasteiger partial charge on any atom is -0.469 e. The van der Waals surface area contributed by atoms with Gasteiger partial charge in [-0.3, -0.25) is 62.5 Å². The fourth-order valence-electron chi connectivity index (χ4n) is 11.4. The lowest BCUT2D eigenvalue weighted by atomic mass is 9.92. The van der Waals surface area contributed by atoms with Crippen LogP contribution in [-0.2, 0) is 105 Å². The molecule has 4 amide bonds. The number of nitrogens with zero attached hydrogens (tertiary/aromatic N) is 2. The summed E-state index contributed by atoms with van der Waals surface area (Å²) in [5.74, 6) is -9.81. The van der Waals surface area contributed by atoms with Gasteiger partial charge in [0.2, 0.25) is 0 Å². The number of rotatable bonds is 22. The van der Waals surface area contributed by atoms with Crippen molar-refractivity contribution in [1.82, 2.24) is 9.80 Å². The first-order valence-corrected chi connectivity index (χ1v) is 28.3. The monoisotopic (exact) mass is 1230 g/mol. The first kappa shape index (κ1) is 64.4. The number of imide groups is 2. The van der Waals surface area contributed by atoms with Crippen LogP contribution in [0.5, 0.6) is 0 Å². The molecule has 9 rings (SSSR count). The van der Waals surface area contributed by atoms with E-state index in [0.29, 0.717) is 23.3 Å². The maximum absolute atomic E-state index is 14.8. The van der Waals surface area contributed by atoms with Crippen molar-refractivity contribution in [3.8, 4) is 0 Å². The van der Waals surface area contributed by atoms with Crippen molar-refractivity contribution < 1.29 is 124 Å². The number of benzene rings is 3. The van der Waals surface area contributed by atoms with Crippen LogP contribution in [0.1, 0.15) is 121 Å². The summed E-state index contributed by atoms with van der Waals surface area (Å²) in [5, 5.41) is 0. The van der Waals surface area contributed by atoms with Gasteiger partial charge in [-0.05, 0) is 37.1 Å². The zero-order chi connectivity index (χ0) is 63.1. The zero-order valence-electron chi connectivity index (χ0n) is 48.9. The minimum atomic E-state index is -2.09. The Kier molecular flexibility index (Phi) is 20.8. The topological polar surface area (TPSA) is 333 Å². The van der Waals surface area contributed by atoms with Gasteiger partial charge in [-0.25, -0.2) is 0 Å². The Morgan fingerprint density at radius 1 is 0.477 bits per heavy atom. The van der Waals surface area contributed by atoms with E-state index in [0.717, 1.165) is 46.4 Å². The predicted molar refractivity (Wildman–Crippen MR) is 289 cm³/mol. The van der Waals surface area contributed by atoms with Gasteiger partial charge in [0.05, 0.1) is 36.0 Å². The van der Waals surface area contributed by atoms with Gasteiger partial charge < -0.3 is 71.1 Å². The highest BCUT2D eigenvalue weighted by atomic mass is 16.8. The molecule has 88 heavy (non-hydrogen) atoms. The van der Waals surface area contributed by atoms with Crippen LogP contribution in [0.15, 0.2) is 78.9 Å². The SMILES string of the molecule is COC(=O)CCCCCO[C@@H]1O[C@@H]2COC(c3ccccc3)O[C@@H]2[C@H](O[C@@H]2O[C@H](COC(C)=O)[C@@H](OC(C)=O)[C@H](OC(C)=O)[C@H]2N2C(=O)c3ccccc3C2=O)[C@H]1O[C@@H]1O[C@H](COC(C)=O)[C@@H](OC(C)=O)[C@H](OC(C)=O)[C@H]1N1C(=O)c2ccccc2C1=O. The van der Waals surface area contributed by atoms with Gasteiger partial charge in [-0.15, -0.1) is 0 Å². The second kappa shape index (κ2) is 28.4. The predicted octanol–water partition coefficient (Wildman–Crippen LogP) is 2.98. The van der Waals surface area contributed by atoms with E-state index < -0.39 is 177 Å². The van der Waals surface area contributed by atoms with Crippen molar-refractivity contribution in [3.63, 3.8) is 0 Å². The van der Waals surface area contributed by atoms with Gasteiger partial charge in [0, 0.05) is 60.1 Å². The molecule has 3 aromatic carbocycles. The minimum absolute atomic E-state index is 0.0738. The third-order valence-corrected chi connectivity index (χ3v) is 15.1. The second-order valence-electron chi connectivity index (χ2n) is 21.2. The van der Waals surface area contributed by atoms with Crippen molar-refractivity contribution in [2.24, 2.45) is 0 Å². The van der Waals surface area contributed by atoms with Crippen molar-refractivity contribution in [3.05, 3.63) is 107 Å². The van der Waals surface area contributed by atoms with E-state index in [9.17, 15) is 52.7 Å². The summed E-state index contributed by atoms with van der Waals surface area (Å²) in [6.45, 7) is 4.37. The lowest BCUT2D eigenvalue weighted by Gasteiger charge is -2.53. The third-order valence-electron chi connectivity index (χ3n) is 15.1. The van der Waals surface area contributed by atoms with Gasteiger partial charge in [-0.1, -0.05) is 61.0 Å². The van der Waals surface area contributed by atoms with Crippen LogP contribution in [0.4, 0.5) is 0 Å². The molecule has 0 spiro atoms. The maximum Gasteiger partial charge on any atom is 0.305 e. The van der Waals surface area contributed by atoms with Gasteiger partial charge >= 0.3 is 41.8 Å². The van der Waals surface area contributed by atoms with Crippen molar-refractivity contribution in [2.75, 3.05) is 33.5 Å². The van der Waals surface area contributed by atoms with Crippen LogP contribution in [0.2, 0.25) is 0 Å². The molecular formula is C60H66N2O26. The van der Waals surface area contributed by atoms with Crippen molar-refractivity contribution >= 4 is 65.4 Å². The number of carbonyl (C=O) groups excluding carboxylic acids is 11. The number of hydrogen-bond acceptors (Lipinski definition) is 26. The summed E-state index contributed by atoms with van der Waals surface area (Å²) in [6, 6.07) is 16.3. The Morgan fingerprint density at radius 2 is 0.909 bits per heavy atom. The molecule has 0 N–H and O–H groups in total. The molecular weight excluding hydrogens is 1160 g/mol. The molecule has 6 aliphatic heterocycles. The van der Waals surface area contributed by atoms with Gasteiger partial charge in [-0.2, -0.15) is 0 Å². The molecule has 28 nitrogen and oxygen atoms in total. The first-order valence-electron chi connectivity index (χ1n) is 28.3. The molecule has 0 saturated carbocycles. The molecule has 4 saturated heterocycles. The Hall–Kier alpha value is -8.09. The maximum atomic E-state index is 14.8. The van der Waals surface area contributed by atoms with E-state index in [1.165, 1.54) is 55.6 Å². The molecule has 6 aliphatic rings. The molecule has 0 aromatic heterocycles. The number of esters is 7. The van der Waals surface area contributed by atoms with Crippen LogP contribution in [-0.4, -0.2) is 201 Å². The second-order valence-corrected chi connectivity index (χ2v) is 21.2. The van der Waals surface area contributed by atoms with E-state index in [1.807, 2.05) is 0 Å². The summed E-state index contributed by atoms with van der Waals surface area (Å²) < 4.78 is 93.2. The summed E-state index contributed by atoms with van der Waals surface area (Å²) in [5.41, 5.74) is 0.126. The number of hydrogen-bond donors (Lipinski definition) is 0. The standard InChI is InChI=1S/C60H66N2O26/c1-29(63)76-26-40-46(79-31(3)65)49(81-33(5)67)44(61-53(70)36-20-13-14-21-37(36)54(61)71)58(83-40)87-51-48-42(28-78-57(86-48)35-18-10-8-11-19-35)85-60(75-25-17-9-12-24-43(69)74-7)52(51)88-59-45(62-55(72)38-22-15-16-23-39(38)56(62)73)50(82-34(6)68)47(80-32(4)66)41(84-59)27-77-30(2)64/h8,10-11,13-16,18-23,40-42,44-52,57-60H,9,12,17,24-28H2,1-7H3/t40-,41-,42-,44-,45-,46-,47-,48+,49-,50-,51+,52-,57?,58+,59+,60-/m1/s1. The van der Waals surface area contributed by atoms with E-state index in [2.05, 4.69) is 0 Å². The molecule has 0 bridgehead atoms. The van der Waals surface area contributed by atoms with Crippen LogP contribution in [0.3, 0.4) is 0 Å². The van der Waals surface area contributed by atoms with E-state index >= 15 is 0 Å². The highest BCUT2D eigenvalue weighted by molar-refractivity contribution is 6.22. The third kappa shape index (κ3) is 14.2. The van der Waals surface area contributed by atoms with Gasteiger partial charge in [0.25, 0.3) is 23.6 Å². The normalized spacial score (nSPS) is 29.9. The van der Waals surface area contributed by atoms with Gasteiger partial charge in [0.1, 0.15) is 61.9 Å². The Balaban J connectivity index is 1.24. The molecule has 1 unspecified atom stereocenters. The van der Waals surface area contributed by atoms with Crippen LogP contribution in [0, 0.1) is 0 Å². The number of ether oxygens (including phenoxy) is 15. The van der Waals surface area contributed by atoms with E-state index in [4.69, 9.17) is 71.1 Å². The molecule has 6 heterocycles. The molecule has 16 atom stereocenters. The molecule has 28 heteroatoms. The lowest BCUT2D eigenvalue weighted by molar-refractivity contribution is -0.409. The fourth-order valence-corrected chi connectivity index (χ4v) is 11.4. The Bertz CT molecular complexity index is 3070. The van der Waals surface area contributed by atoms with Crippen molar-refractivity contribution in [1.29, 1.82) is 0 Å². The van der Waals surface area contributed by atoms with Crippen molar-refractivity contribution in [2.45, 2.75) is 166 Å². The van der Waals surface area contributed by atoms with Crippen LogP contribution < -0.4 is 0 Å². The molecule has 4 fully saturated rings. The molecule has 3 aromatic rings. The van der Waals surface area contributed by atoms with Crippen LogP contribution in [0.25, 0.3) is 0 Å².